The molecule has 0 amide bonds. The van der Waals surface area contributed by atoms with E-state index in [1.165, 1.54) is 0 Å². The summed E-state index contributed by atoms with van der Waals surface area (Å²) in [5.74, 6) is 0. The lowest BCUT2D eigenvalue weighted by Gasteiger charge is -2.17. The summed E-state index contributed by atoms with van der Waals surface area (Å²) in [6.07, 6.45) is 2.20. The molecular weight excluding hydrogens is 219 g/mol. The molecule has 1 aliphatic heterocycles. The van der Waals surface area contributed by atoms with Crippen molar-refractivity contribution in [3.05, 3.63) is 0 Å². The molecule has 1 aliphatic rings. The van der Waals surface area contributed by atoms with Gasteiger partial charge in [0.15, 0.2) is 0 Å². The van der Waals surface area contributed by atoms with E-state index in [0.717, 1.165) is 12.8 Å². The Morgan fingerprint density at radius 3 is 2.93 bits per heavy atom. The molecular formula is C9H19O5P. The van der Waals surface area contributed by atoms with Crippen molar-refractivity contribution in [2.24, 2.45) is 0 Å². The predicted molar refractivity (Wildman–Crippen MR) is 55.6 cm³/mol. The molecule has 0 bridgehead atoms. The van der Waals surface area contributed by atoms with Crippen molar-refractivity contribution in [2.45, 2.75) is 45.3 Å². The number of hydrogen-bond acceptors (Lipinski definition) is 4. The molecule has 15 heavy (non-hydrogen) atoms. The van der Waals surface area contributed by atoms with Crippen LogP contribution in [-0.2, 0) is 18.3 Å². The summed E-state index contributed by atoms with van der Waals surface area (Å²) in [4.78, 5) is 9.33. The Kier molecular flexibility index (Phi) is 5.23. The Balaban J connectivity index is 2.25. The van der Waals surface area contributed by atoms with Gasteiger partial charge in [0.05, 0.1) is 18.8 Å². The number of hydrogen-bond donors (Lipinski definition) is 1. The molecule has 0 radical (unpaired) electrons. The maximum absolute atomic E-state index is 11.4. The lowest BCUT2D eigenvalue weighted by molar-refractivity contribution is 0.0405. The molecule has 0 aliphatic carbocycles. The van der Waals surface area contributed by atoms with Gasteiger partial charge in [0.1, 0.15) is 0 Å². The second-order valence-electron chi connectivity index (χ2n) is 3.72. The summed E-state index contributed by atoms with van der Waals surface area (Å²) in [7, 11) is -3.90. The van der Waals surface area contributed by atoms with E-state index in [9.17, 15) is 9.46 Å². The maximum atomic E-state index is 11.4. The number of ether oxygens (including phenoxy) is 1. The molecule has 90 valence electrons. The molecule has 1 saturated heterocycles. The van der Waals surface area contributed by atoms with Crippen LogP contribution < -0.4 is 0 Å². The molecule has 3 unspecified atom stereocenters. The van der Waals surface area contributed by atoms with Gasteiger partial charge in [-0.05, 0) is 26.2 Å². The molecule has 0 aromatic heterocycles. The van der Waals surface area contributed by atoms with Crippen LogP contribution in [0.4, 0.5) is 0 Å². The van der Waals surface area contributed by atoms with Gasteiger partial charge >= 0.3 is 7.82 Å². The van der Waals surface area contributed by atoms with Gasteiger partial charge in [-0.25, -0.2) is 4.57 Å². The van der Waals surface area contributed by atoms with E-state index in [1.807, 2.05) is 6.92 Å². The van der Waals surface area contributed by atoms with Crippen LogP contribution >= 0.6 is 7.82 Å². The first-order chi connectivity index (χ1) is 7.03. The Bertz CT molecular complexity index is 227. The predicted octanol–water partition coefficient (Wildman–Crippen LogP) is 2.10. The zero-order valence-corrected chi connectivity index (χ0v) is 10.1. The summed E-state index contributed by atoms with van der Waals surface area (Å²) in [5.41, 5.74) is 0. The molecule has 0 aromatic carbocycles. The normalized spacial score (nSPS) is 27.5. The van der Waals surface area contributed by atoms with Crippen LogP contribution in [0, 0.1) is 0 Å². The standard InChI is InChI=1S/C9H19O5P/c1-3-8(2)14-15(10,11)13-7-9-5-4-6-12-9/h8-9H,3-7H2,1-2H3,(H,10,11). The minimum absolute atomic E-state index is 0.0639. The van der Waals surface area contributed by atoms with Gasteiger partial charge in [0.25, 0.3) is 0 Å². The first-order valence-electron chi connectivity index (χ1n) is 5.31. The highest BCUT2D eigenvalue weighted by atomic mass is 31.2. The number of rotatable bonds is 6. The summed E-state index contributed by atoms with van der Waals surface area (Å²) in [5, 5.41) is 0. The second-order valence-corrected chi connectivity index (χ2v) is 5.13. The van der Waals surface area contributed by atoms with Crippen molar-refractivity contribution in [3.63, 3.8) is 0 Å². The summed E-state index contributed by atoms with van der Waals surface area (Å²) < 4.78 is 26.4. The van der Waals surface area contributed by atoms with Crippen molar-refractivity contribution in [1.82, 2.24) is 0 Å². The Hall–Kier alpha value is 0.0700. The van der Waals surface area contributed by atoms with Crippen molar-refractivity contribution < 1.29 is 23.2 Å². The zero-order chi connectivity index (χ0) is 11.3. The van der Waals surface area contributed by atoms with Crippen molar-refractivity contribution in [3.8, 4) is 0 Å². The van der Waals surface area contributed by atoms with E-state index in [2.05, 4.69) is 0 Å². The lowest BCUT2D eigenvalue weighted by Crippen LogP contribution is -2.15. The quantitative estimate of drug-likeness (QED) is 0.718. The van der Waals surface area contributed by atoms with Gasteiger partial charge in [-0.15, -0.1) is 0 Å². The fourth-order valence-electron chi connectivity index (χ4n) is 1.29. The summed E-state index contributed by atoms with van der Waals surface area (Å²) in [6, 6.07) is 0. The number of phosphoric ester groups is 1. The average Bonchev–Trinajstić information content (AvgIpc) is 2.66. The molecule has 1 N–H and O–H groups in total. The van der Waals surface area contributed by atoms with Crippen LogP contribution in [0.5, 0.6) is 0 Å². The molecule has 0 aromatic rings. The third-order valence-electron chi connectivity index (χ3n) is 2.34. The average molecular weight is 238 g/mol. The van der Waals surface area contributed by atoms with Crippen LogP contribution in [-0.4, -0.2) is 30.3 Å². The Labute approximate surface area is 90.3 Å². The van der Waals surface area contributed by atoms with Crippen LogP contribution in [0.2, 0.25) is 0 Å². The zero-order valence-electron chi connectivity index (χ0n) is 9.22. The monoisotopic (exact) mass is 238 g/mol. The summed E-state index contributed by atoms with van der Waals surface area (Å²) >= 11 is 0. The van der Waals surface area contributed by atoms with Crippen LogP contribution in [0.3, 0.4) is 0 Å². The maximum Gasteiger partial charge on any atom is 0.472 e. The first-order valence-corrected chi connectivity index (χ1v) is 6.80. The number of phosphoric acid groups is 1. The van der Waals surface area contributed by atoms with Gasteiger partial charge in [0.2, 0.25) is 0 Å². The molecule has 0 spiro atoms. The van der Waals surface area contributed by atoms with Crippen molar-refractivity contribution in [2.75, 3.05) is 13.2 Å². The fraction of sp³-hybridized carbons (Fsp3) is 1.00. The lowest BCUT2D eigenvalue weighted by atomic mass is 10.2. The highest BCUT2D eigenvalue weighted by molar-refractivity contribution is 7.47. The Morgan fingerprint density at radius 1 is 1.67 bits per heavy atom. The minimum Gasteiger partial charge on any atom is -0.376 e. The van der Waals surface area contributed by atoms with E-state index in [-0.39, 0.29) is 18.8 Å². The fourth-order valence-corrected chi connectivity index (χ4v) is 2.30. The van der Waals surface area contributed by atoms with Gasteiger partial charge in [-0.1, -0.05) is 6.92 Å². The largest absolute Gasteiger partial charge is 0.472 e. The molecule has 1 heterocycles. The van der Waals surface area contributed by atoms with Crippen LogP contribution in [0.25, 0.3) is 0 Å². The van der Waals surface area contributed by atoms with Gasteiger partial charge in [-0.2, -0.15) is 0 Å². The second kappa shape index (κ2) is 5.97. The van der Waals surface area contributed by atoms with Crippen molar-refractivity contribution in [1.29, 1.82) is 0 Å². The SMILES string of the molecule is CCC(C)OP(=O)(O)OCC1CCCO1. The van der Waals surface area contributed by atoms with Gasteiger partial charge < -0.3 is 9.63 Å². The molecule has 1 rings (SSSR count). The van der Waals surface area contributed by atoms with Crippen LogP contribution in [0.15, 0.2) is 0 Å². The molecule has 0 saturated carbocycles. The first kappa shape index (κ1) is 13.1. The van der Waals surface area contributed by atoms with E-state index in [4.69, 9.17) is 13.8 Å². The van der Waals surface area contributed by atoms with E-state index >= 15 is 0 Å². The molecule has 3 atom stereocenters. The highest BCUT2D eigenvalue weighted by Crippen LogP contribution is 2.45. The minimum atomic E-state index is -3.90. The third-order valence-corrected chi connectivity index (χ3v) is 3.44. The topological polar surface area (TPSA) is 65.0 Å². The molecule has 1 fully saturated rings. The molecule has 6 heteroatoms. The van der Waals surface area contributed by atoms with Gasteiger partial charge in [0, 0.05) is 6.61 Å². The van der Waals surface area contributed by atoms with E-state index < -0.39 is 7.82 Å². The summed E-state index contributed by atoms with van der Waals surface area (Å²) in [6.45, 7) is 4.45. The van der Waals surface area contributed by atoms with E-state index in [1.54, 1.807) is 6.92 Å². The Morgan fingerprint density at radius 2 is 2.40 bits per heavy atom. The smallest absolute Gasteiger partial charge is 0.376 e. The molecule has 5 nitrogen and oxygen atoms in total. The van der Waals surface area contributed by atoms with E-state index in [0.29, 0.717) is 13.0 Å². The third kappa shape index (κ3) is 5.09. The van der Waals surface area contributed by atoms with Crippen molar-refractivity contribution >= 4 is 7.82 Å². The van der Waals surface area contributed by atoms with Crippen LogP contribution in [0.1, 0.15) is 33.1 Å². The highest BCUT2D eigenvalue weighted by Gasteiger charge is 2.26. The van der Waals surface area contributed by atoms with Gasteiger partial charge in [-0.3, -0.25) is 9.05 Å².